The maximum Gasteiger partial charge on any atom is 0.116 e. The molecule has 1 saturated carbocycles. The van der Waals surface area contributed by atoms with Crippen molar-refractivity contribution in [2.45, 2.75) is 40.0 Å². The van der Waals surface area contributed by atoms with Crippen LogP contribution in [-0.2, 0) is 0 Å². The second-order valence-corrected chi connectivity index (χ2v) is 6.75. The van der Waals surface area contributed by atoms with Crippen molar-refractivity contribution >= 4 is 5.57 Å². The van der Waals surface area contributed by atoms with Crippen molar-refractivity contribution in [1.29, 1.82) is 0 Å². The lowest BCUT2D eigenvalue weighted by atomic mass is 9.59. The van der Waals surface area contributed by atoms with Crippen LogP contribution < -0.4 is 0 Å². The van der Waals surface area contributed by atoms with Crippen molar-refractivity contribution in [2.24, 2.45) is 10.8 Å². The molecule has 3 rings (SSSR count). The van der Waals surface area contributed by atoms with Gasteiger partial charge in [-0.05, 0) is 41.0 Å². The third-order valence-corrected chi connectivity index (χ3v) is 4.92. The molecule has 0 aliphatic heterocycles. The standard InChI is InChI=1S/C18H22O/c1-17(2)10-7-11-18(3)14(12-15(19)16(17)18)13-8-5-4-6-9-13/h4-6,8-9,12,19H,7,10-11H2,1-3H3/t18-/m0/s1. The fourth-order valence-electron chi connectivity index (χ4n) is 4.17. The number of allylic oxidation sites excluding steroid dienone is 3. The quantitative estimate of drug-likeness (QED) is 0.738. The summed E-state index contributed by atoms with van der Waals surface area (Å²) in [5.74, 6) is 0.506. The van der Waals surface area contributed by atoms with Crippen LogP contribution in [0.2, 0.25) is 0 Å². The SMILES string of the molecule is CC1(C)CCC[C@@]2(C)C(c3ccccc3)=CC(O)=C12. The third-order valence-electron chi connectivity index (χ3n) is 4.92. The van der Waals surface area contributed by atoms with Gasteiger partial charge in [-0.3, -0.25) is 0 Å². The van der Waals surface area contributed by atoms with Crippen molar-refractivity contribution in [3.8, 4) is 0 Å². The number of rotatable bonds is 1. The number of hydrogen-bond donors (Lipinski definition) is 1. The van der Waals surface area contributed by atoms with Crippen LogP contribution in [0.15, 0.2) is 47.7 Å². The van der Waals surface area contributed by atoms with Crippen LogP contribution in [0.1, 0.15) is 45.6 Å². The Morgan fingerprint density at radius 2 is 1.68 bits per heavy atom. The summed E-state index contributed by atoms with van der Waals surface area (Å²) in [5.41, 5.74) is 3.87. The van der Waals surface area contributed by atoms with E-state index in [-0.39, 0.29) is 10.8 Å². The third kappa shape index (κ3) is 1.75. The highest BCUT2D eigenvalue weighted by molar-refractivity contribution is 5.79. The molecule has 0 aromatic heterocycles. The topological polar surface area (TPSA) is 20.2 Å². The molecule has 1 fully saturated rings. The molecule has 0 spiro atoms. The summed E-state index contributed by atoms with van der Waals surface area (Å²) in [6.45, 7) is 6.82. The first-order valence-electron chi connectivity index (χ1n) is 7.17. The molecular weight excluding hydrogens is 232 g/mol. The lowest BCUT2D eigenvalue weighted by Gasteiger charge is -2.44. The van der Waals surface area contributed by atoms with Gasteiger partial charge in [0, 0.05) is 5.41 Å². The minimum atomic E-state index is 0.00713. The van der Waals surface area contributed by atoms with Gasteiger partial charge in [0.1, 0.15) is 5.76 Å². The number of aliphatic hydroxyl groups is 1. The van der Waals surface area contributed by atoms with E-state index in [0.29, 0.717) is 5.76 Å². The van der Waals surface area contributed by atoms with Gasteiger partial charge in [-0.15, -0.1) is 0 Å². The first-order valence-corrected chi connectivity index (χ1v) is 7.17. The lowest BCUT2D eigenvalue weighted by Crippen LogP contribution is -2.34. The van der Waals surface area contributed by atoms with Crippen LogP contribution in [0.25, 0.3) is 5.57 Å². The lowest BCUT2D eigenvalue weighted by molar-refractivity contribution is 0.234. The van der Waals surface area contributed by atoms with Gasteiger partial charge in [0.05, 0.1) is 0 Å². The van der Waals surface area contributed by atoms with Gasteiger partial charge in [0.25, 0.3) is 0 Å². The maximum atomic E-state index is 10.5. The number of aliphatic hydroxyl groups excluding tert-OH is 1. The molecule has 0 heterocycles. The van der Waals surface area contributed by atoms with Crippen LogP contribution >= 0.6 is 0 Å². The van der Waals surface area contributed by atoms with E-state index in [4.69, 9.17) is 0 Å². The van der Waals surface area contributed by atoms with E-state index in [1.54, 1.807) is 0 Å². The minimum Gasteiger partial charge on any atom is -0.508 e. The van der Waals surface area contributed by atoms with Crippen LogP contribution in [0.3, 0.4) is 0 Å². The summed E-state index contributed by atoms with van der Waals surface area (Å²) in [6.07, 6.45) is 5.52. The summed E-state index contributed by atoms with van der Waals surface area (Å²) < 4.78 is 0. The zero-order chi connectivity index (χ0) is 13.7. The molecule has 2 aliphatic rings. The monoisotopic (exact) mass is 254 g/mol. The smallest absolute Gasteiger partial charge is 0.116 e. The summed E-state index contributed by atoms with van der Waals surface area (Å²) in [5, 5.41) is 10.5. The molecule has 1 N–H and O–H groups in total. The maximum absolute atomic E-state index is 10.5. The van der Waals surface area contributed by atoms with E-state index in [9.17, 15) is 5.11 Å². The molecule has 1 heteroatoms. The first-order chi connectivity index (χ1) is 8.95. The number of hydrogen-bond acceptors (Lipinski definition) is 1. The van der Waals surface area contributed by atoms with Gasteiger partial charge in [-0.25, -0.2) is 0 Å². The van der Waals surface area contributed by atoms with Crippen molar-refractivity contribution in [1.82, 2.24) is 0 Å². The highest BCUT2D eigenvalue weighted by Crippen LogP contribution is 2.60. The fourth-order valence-corrected chi connectivity index (χ4v) is 4.17. The van der Waals surface area contributed by atoms with E-state index < -0.39 is 0 Å². The van der Waals surface area contributed by atoms with Gasteiger partial charge >= 0.3 is 0 Å². The minimum absolute atomic E-state index is 0.00713. The molecule has 100 valence electrons. The molecule has 0 amide bonds. The van der Waals surface area contributed by atoms with E-state index in [0.717, 1.165) is 12.8 Å². The van der Waals surface area contributed by atoms with Gasteiger partial charge in [0.15, 0.2) is 0 Å². The molecular formula is C18H22O. The Morgan fingerprint density at radius 1 is 1.00 bits per heavy atom. The molecule has 1 nitrogen and oxygen atoms in total. The summed E-state index contributed by atoms with van der Waals surface area (Å²) >= 11 is 0. The van der Waals surface area contributed by atoms with E-state index in [1.807, 2.05) is 12.1 Å². The van der Waals surface area contributed by atoms with Crippen LogP contribution in [0.5, 0.6) is 0 Å². The van der Waals surface area contributed by atoms with Gasteiger partial charge < -0.3 is 5.11 Å². The molecule has 0 radical (unpaired) electrons. The van der Waals surface area contributed by atoms with Gasteiger partial charge in [-0.2, -0.15) is 0 Å². The molecule has 0 unspecified atom stereocenters. The van der Waals surface area contributed by atoms with Crippen LogP contribution in [0, 0.1) is 10.8 Å². The Morgan fingerprint density at radius 3 is 2.37 bits per heavy atom. The van der Waals surface area contributed by atoms with Gasteiger partial charge in [-0.1, -0.05) is 57.5 Å². The number of fused-ring (bicyclic) bond motifs is 1. The molecule has 0 bridgehead atoms. The Kier molecular flexibility index (Phi) is 2.63. The second kappa shape index (κ2) is 4.00. The normalized spacial score (nSPS) is 29.1. The zero-order valence-electron chi connectivity index (χ0n) is 12.0. The molecule has 19 heavy (non-hydrogen) atoms. The largest absolute Gasteiger partial charge is 0.508 e. The van der Waals surface area contributed by atoms with Crippen molar-refractivity contribution in [3.63, 3.8) is 0 Å². The van der Waals surface area contributed by atoms with E-state index >= 15 is 0 Å². The highest BCUT2D eigenvalue weighted by atomic mass is 16.3. The Labute approximate surface area is 115 Å². The Bertz CT molecular complexity index is 563. The van der Waals surface area contributed by atoms with Crippen molar-refractivity contribution in [3.05, 3.63) is 53.3 Å². The summed E-state index contributed by atoms with van der Waals surface area (Å²) in [7, 11) is 0. The van der Waals surface area contributed by atoms with E-state index in [2.05, 4.69) is 45.0 Å². The van der Waals surface area contributed by atoms with Crippen LogP contribution in [0.4, 0.5) is 0 Å². The Hall–Kier alpha value is -1.50. The predicted octanol–water partition coefficient (Wildman–Crippen LogP) is 5.11. The van der Waals surface area contributed by atoms with Crippen molar-refractivity contribution in [2.75, 3.05) is 0 Å². The van der Waals surface area contributed by atoms with Crippen LogP contribution in [-0.4, -0.2) is 5.11 Å². The molecule has 1 atom stereocenters. The molecule has 0 saturated heterocycles. The van der Waals surface area contributed by atoms with E-state index in [1.165, 1.54) is 23.1 Å². The van der Waals surface area contributed by atoms with Gasteiger partial charge in [0.2, 0.25) is 0 Å². The zero-order valence-corrected chi connectivity index (χ0v) is 12.0. The van der Waals surface area contributed by atoms with Crippen molar-refractivity contribution < 1.29 is 5.11 Å². The second-order valence-electron chi connectivity index (χ2n) is 6.75. The molecule has 1 aromatic rings. The summed E-state index contributed by atoms with van der Waals surface area (Å²) in [6, 6.07) is 10.5. The number of benzene rings is 1. The average Bonchev–Trinajstić information content (AvgIpc) is 2.63. The molecule has 2 aliphatic carbocycles. The Balaban J connectivity index is 2.11. The first kappa shape index (κ1) is 12.5. The summed E-state index contributed by atoms with van der Waals surface area (Å²) in [4.78, 5) is 0. The average molecular weight is 254 g/mol. The highest BCUT2D eigenvalue weighted by Gasteiger charge is 2.48. The molecule has 1 aromatic carbocycles. The predicted molar refractivity (Wildman–Crippen MR) is 79.8 cm³/mol. The fraction of sp³-hybridized carbons (Fsp3) is 0.444.